The number of thiazole rings is 1. The fourth-order valence-corrected chi connectivity index (χ4v) is 5.56. The van der Waals surface area contributed by atoms with Crippen molar-refractivity contribution in [3.63, 3.8) is 0 Å². The number of benzene rings is 1. The Bertz CT molecular complexity index is 1680. The minimum absolute atomic E-state index is 0.244. The second-order valence-corrected chi connectivity index (χ2v) is 10.8. The molecule has 1 aromatic carbocycles. The van der Waals surface area contributed by atoms with Crippen molar-refractivity contribution in [2.24, 2.45) is 0 Å². The second kappa shape index (κ2) is 9.05. The molecular weight excluding hydrogens is 470 g/mol. The topological polar surface area (TPSA) is 76.9 Å². The molecule has 0 fully saturated rings. The number of rotatable bonds is 7. The van der Waals surface area contributed by atoms with Crippen LogP contribution in [0.25, 0.3) is 27.0 Å². The summed E-state index contributed by atoms with van der Waals surface area (Å²) >= 11 is 1.78. The largest absolute Gasteiger partial charge is 0.442 e. The molecule has 0 aliphatic heterocycles. The number of oxazole rings is 1. The van der Waals surface area contributed by atoms with Gasteiger partial charge in [-0.15, -0.1) is 0 Å². The van der Waals surface area contributed by atoms with Gasteiger partial charge in [-0.1, -0.05) is 49.6 Å². The Hall–Kier alpha value is -3.72. The lowest BCUT2D eigenvalue weighted by molar-refractivity contribution is -0.675. The molecule has 5 aromatic heterocycles. The first kappa shape index (κ1) is 22.7. The fourth-order valence-electron chi connectivity index (χ4n) is 4.67. The zero-order valence-corrected chi connectivity index (χ0v) is 21.7. The van der Waals surface area contributed by atoms with Crippen LogP contribution < -0.4 is 9.13 Å². The van der Waals surface area contributed by atoms with Crippen LogP contribution in [0.3, 0.4) is 0 Å². The van der Waals surface area contributed by atoms with Gasteiger partial charge in [0, 0.05) is 23.1 Å². The highest BCUT2D eigenvalue weighted by Crippen LogP contribution is 2.25. The zero-order valence-electron chi connectivity index (χ0n) is 20.9. The van der Waals surface area contributed by atoms with Crippen molar-refractivity contribution in [1.29, 1.82) is 0 Å². The van der Waals surface area contributed by atoms with Crippen LogP contribution in [-0.4, -0.2) is 24.6 Å². The van der Waals surface area contributed by atoms with Crippen LogP contribution in [0.4, 0.5) is 0 Å². The van der Waals surface area contributed by atoms with Gasteiger partial charge in [0.2, 0.25) is 11.0 Å². The molecule has 6 aromatic rings. The molecule has 2 unspecified atom stereocenters. The summed E-state index contributed by atoms with van der Waals surface area (Å²) in [6.07, 6.45) is 6.95. The van der Waals surface area contributed by atoms with Gasteiger partial charge in [-0.05, 0) is 23.6 Å². The van der Waals surface area contributed by atoms with Crippen LogP contribution in [-0.2, 0) is 13.1 Å². The van der Waals surface area contributed by atoms with Gasteiger partial charge in [0.05, 0.1) is 30.0 Å². The number of nitrogens with zero attached hydrogens (tertiary/aromatic N) is 7. The molecule has 182 valence electrons. The predicted octanol–water partition coefficient (Wildman–Crippen LogP) is 4.79. The van der Waals surface area contributed by atoms with Gasteiger partial charge in [0.1, 0.15) is 10.2 Å². The van der Waals surface area contributed by atoms with Crippen molar-refractivity contribution in [3.05, 3.63) is 78.0 Å². The molecule has 0 spiro atoms. The minimum atomic E-state index is 0.244. The molecule has 6 rings (SSSR count). The molecular formula is C27H29N7OS+2. The van der Waals surface area contributed by atoms with Crippen LogP contribution in [0, 0.1) is 0 Å². The molecule has 0 aliphatic rings. The van der Waals surface area contributed by atoms with E-state index in [1.165, 1.54) is 22.2 Å². The fraction of sp³-hybridized carbons (Fsp3) is 0.333. The van der Waals surface area contributed by atoms with Crippen molar-refractivity contribution >= 4 is 38.3 Å². The first-order valence-corrected chi connectivity index (χ1v) is 13.2. The van der Waals surface area contributed by atoms with Gasteiger partial charge in [-0.2, -0.15) is 4.57 Å². The lowest BCUT2D eigenvalue weighted by Crippen LogP contribution is -2.36. The molecule has 2 atom stereocenters. The molecule has 0 amide bonds. The molecule has 0 bridgehead atoms. The molecule has 0 N–H and O–H groups in total. The highest BCUT2D eigenvalue weighted by molar-refractivity contribution is 7.16. The molecule has 8 nitrogen and oxygen atoms in total. The first-order chi connectivity index (χ1) is 17.5. The first-order valence-electron chi connectivity index (χ1n) is 12.3. The number of hydrogen-bond donors (Lipinski definition) is 0. The van der Waals surface area contributed by atoms with E-state index in [4.69, 9.17) is 4.42 Å². The maximum absolute atomic E-state index is 5.34. The predicted molar refractivity (Wildman–Crippen MR) is 138 cm³/mol. The summed E-state index contributed by atoms with van der Waals surface area (Å²) < 4.78 is 13.0. The normalized spacial score (nSPS) is 13.8. The van der Waals surface area contributed by atoms with E-state index in [1.807, 2.05) is 23.2 Å². The van der Waals surface area contributed by atoms with E-state index in [0.717, 1.165) is 41.2 Å². The average molecular weight is 500 g/mol. The number of pyridine rings is 1. The van der Waals surface area contributed by atoms with Gasteiger partial charge in [0.15, 0.2) is 24.8 Å². The summed E-state index contributed by atoms with van der Waals surface area (Å²) in [6.45, 7) is 10.5. The van der Waals surface area contributed by atoms with E-state index in [0.29, 0.717) is 11.8 Å². The second-order valence-electron chi connectivity index (χ2n) is 9.89. The molecule has 0 saturated heterocycles. The van der Waals surface area contributed by atoms with Crippen LogP contribution in [0.15, 0.2) is 65.5 Å². The van der Waals surface area contributed by atoms with E-state index in [1.54, 1.807) is 17.5 Å². The Morgan fingerprint density at radius 3 is 2.67 bits per heavy atom. The third kappa shape index (κ3) is 4.13. The lowest BCUT2D eigenvalue weighted by atomic mass is 10.0. The monoisotopic (exact) mass is 499 g/mol. The third-order valence-corrected chi connectivity index (χ3v) is 7.84. The van der Waals surface area contributed by atoms with Gasteiger partial charge in [-0.25, -0.2) is 14.5 Å². The van der Waals surface area contributed by atoms with Crippen LogP contribution >= 0.6 is 11.3 Å². The van der Waals surface area contributed by atoms with Crippen LogP contribution in [0.1, 0.15) is 62.4 Å². The molecule has 9 heteroatoms. The number of aromatic nitrogens is 7. The van der Waals surface area contributed by atoms with Gasteiger partial charge < -0.3 is 4.42 Å². The highest BCUT2D eigenvalue weighted by atomic mass is 32.1. The van der Waals surface area contributed by atoms with E-state index >= 15 is 0 Å². The molecule has 0 aliphatic carbocycles. The standard InChI is InChI=1S/C27H29N7OS/c1-17(2)21-9-27-32(14-31-34(27)13-29-21)11-18(3)20-5-6-26-24(7-20)33(16-36-26)12-19(4)22-8-23-25(10-28-22)35-15-30-23/h5-10,13-19H,11-12H2,1-4H3/q+2. The van der Waals surface area contributed by atoms with Crippen molar-refractivity contribution in [1.82, 2.24) is 24.6 Å². The molecule has 5 heterocycles. The number of hydrogen-bond acceptors (Lipinski definition) is 6. The maximum atomic E-state index is 5.34. The van der Waals surface area contributed by atoms with Crippen molar-refractivity contribution < 1.29 is 13.6 Å². The van der Waals surface area contributed by atoms with Crippen LogP contribution in [0.5, 0.6) is 0 Å². The number of fused-ring (bicyclic) bond motifs is 3. The van der Waals surface area contributed by atoms with Crippen LogP contribution in [0.2, 0.25) is 0 Å². The summed E-state index contributed by atoms with van der Waals surface area (Å²) in [5, 5.41) is 4.50. The Labute approximate surface area is 212 Å². The Balaban J connectivity index is 1.25. The van der Waals surface area contributed by atoms with Gasteiger partial charge >= 0.3 is 0 Å². The van der Waals surface area contributed by atoms with E-state index in [9.17, 15) is 0 Å². The molecule has 0 saturated carbocycles. The summed E-state index contributed by atoms with van der Waals surface area (Å²) in [6, 6.07) is 11.0. The smallest absolute Gasteiger partial charge is 0.269 e. The summed E-state index contributed by atoms with van der Waals surface area (Å²) in [5.74, 6) is 0.945. The highest BCUT2D eigenvalue weighted by Gasteiger charge is 2.22. The Morgan fingerprint density at radius 1 is 0.944 bits per heavy atom. The summed E-state index contributed by atoms with van der Waals surface area (Å²) in [7, 11) is 0. The Kier molecular flexibility index (Phi) is 5.72. The Morgan fingerprint density at radius 2 is 1.81 bits per heavy atom. The van der Waals surface area contributed by atoms with Gasteiger partial charge in [-0.3, -0.25) is 4.98 Å². The lowest BCUT2D eigenvalue weighted by Gasteiger charge is -2.11. The maximum Gasteiger partial charge on any atom is 0.269 e. The van der Waals surface area contributed by atoms with E-state index in [2.05, 4.69) is 86.7 Å². The van der Waals surface area contributed by atoms with E-state index < -0.39 is 0 Å². The van der Waals surface area contributed by atoms with Gasteiger partial charge in [0.25, 0.3) is 12.0 Å². The third-order valence-electron chi connectivity index (χ3n) is 6.88. The SMILES string of the molecule is CC(C)c1cc2n(cn1)nc[n+]2CC(C)c1ccc2sc[n+](CC(C)c3cc4ncoc4cn3)c2c1. The summed E-state index contributed by atoms with van der Waals surface area (Å²) in [5.41, 5.74) is 9.53. The minimum Gasteiger partial charge on any atom is -0.442 e. The molecule has 0 radical (unpaired) electrons. The van der Waals surface area contributed by atoms with E-state index in [-0.39, 0.29) is 5.92 Å². The summed E-state index contributed by atoms with van der Waals surface area (Å²) in [4.78, 5) is 13.4. The molecule has 36 heavy (non-hydrogen) atoms. The van der Waals surface area contributed by atoms with Crippen molar-refractivity contribution in [3.8, 4) is 0 Å². The van der Waals surface area contributed by atoms with Crippen molar-refractivity contribution in [2.45, 2.75) is 58.5 Å². The van der Waals surface area contributed by atoms with Crippen molar-refractivity contribution in [2.75, 3.05) is 0 Å². The zero-order chi connectivity index (χ0) is 24.8. The average Bonchev–Trinajstić information content (AvgIpc) is 3.62. The quantitative estimate of drug-likeness (QED) is 0.295.